The van der Waals surface area contributed by atoms with E-state index < -0.39 is 46.7 Å². The van der Waals surface area contributed by atoms with Crippen LogP contribution in [-0.4, -0.2) is 28.5 Å². The number of halogens is 5. The highest BCUT2D eigenvalue weighted by Crippen LogP contribution is 2.35. The molecule has 0 unspecified atom stereocenters. The van der Waals surface area contributed by atoms with E-state index in [-0.39, 0.29) is 11.5 Å². The van der Waals surface area contributed by atoms with Crippen LogP contribution in [0.15, 0.2) is 64.0 Å². The standard InChI is InChI=1S/C25H15BrClF3N2O4S/c26-15-5-8-19(36-12-13-3-1-2-4-16(13)27)14(9-15)10-20-24(34)32(25(35)37-20)11-21(33)31-18-7-6-17(28)22(29)23(18)30/h1-10H,11-12H2,(H,31,33)/b20-10+. The van der Waals surface area contributed by atoms with Crippen LogP contribution >= 0.6 is 39.3 Å². The number of carbonyl (C=O) groups is 3. The Kier molecular flexibility index (Phi) is 8.25. The molecule has 12 heteroatoms. The van der Waals surface area contributed by atoms with Crippen molar-refractivity contribution in [1.82, 2.24) is 4.90 Å². The summed E-state index contributed by atoms with van der Waals surface area (Å²) >= 11 is 10.2. The van der Waals surface area contributed by atoms with Gasteiger partial charge in [0.05, 0.1) is 10.6 Å². The third-order valence-corrected chi connectivity index (χ3v) is 6.85. The second-order valence-electron chi connectivity index (χ2n) is 7.60. The summed E-state index contributed by atoms with van der Waals surface area (Å²) < 4.78 is 46.9. The van der Waals surface area contributed by atoms with Gasteiger partial charge in [-0.3, -0.25) is 19.3 Å². The molecular weight excluding hydrogens is 597 g/mol. The summed E-state index contributed by atoms with van der Waals surface area (Å²) in [5.41, 5.74) is 0.614. The van der Waals surface area contributed by atoms with Gasteiger partial charge in [-0.15, -0.1) is 0 Å². The lowest BCUT2D eigenvalue weighted by Gasteiger charge is -2.13. The minimum atomic E-state index is -1.76. The highest BCUT2D eigenvalue weighted by Gasteiger charge is 2.36. The van der Waals surface area contributed by atoms with Crippen LogP contribution in [0.5, 0.6) is 5.75 Å². The van der Waals surface area contributed by atoms with Crippen LogP contribution in [-0.2, 0) is 16.2 Å². The zero-order valence-corrected chi connectivity index (χ0v) is 21.7. The van der Waals surface area contributed by atoms with E-state index in [0.29, 0.717) is 43.5 Å². The Morgan fingerprint density at radius 3 is 2.59 bits per heavy atom. The van der Waals surface area contributed by atoms with Crippen LogP contribution in [0.1, 0.15) is 11.1 Å². The lowest BCUT2D eigenvalue weighted by molar-refractivity contribution is -0.127. The monoisotopic (exact) mass is 610 g/mol. The first kappa shape index (κ1) is 26.8. The predicted octanol–water partition coefficient (Wildman–Crippen LogP) is 6.77. The molecule has 3 aromatic rings. The van der Waals surface area contributed by atoms with Crippen LogP contribution < -0.4 is 10.1 Å². The number of amides is 3. The summed E-state index contributed by atoms with van der Waals surface area (Å²) in [7, 11) is 0. The van der Waals surface area contributed by atoms with Crippen molar-refractivity contribution in [3.8, 4) is 5.75 Å². The smallest absolute Gasteiger partial charge is 0.294 e. The fourth-order valence-corrected chi connectivity index (χ4v) is 4.67. The maximum Gasteiger partial charge on any atom is 0.294 e. The van der Waals surface area contributed by atoms with Crippen LogP contribution in [0.25, 0.3) is 6.08 Å². The van der Waals surface area contributed by atoms with Crippen molar-refractivity contribution in [2.75, 3.05) is 11.9 Å². The van der Waals surface area contributed by atoms with Crippen LogP contribution in [0.4, 0.5) is 23.7 Å². The molecule has 0 radical (unpaired) electrons. The van der Waals surface area contributed by atoms with Crippen molar-refractivity contribution >= 4 is 68.1 Å². The van der Waals surface area contributed by atoms with Gasteiger partial charge in [0.25, 0.3) is 11.1 Å². The van der Waals surface area contributed by atoms with E-state index in [1.807, 2.05) is 17.4 Å². The number of imide groups is 1. The van der Waals surface area contributed by atoms with Gasteiger partial charge in [0, 0.05) is 20.6 Å². The molecule has 6 nitrogen and oxygen atoms in total. The summed E-state index contributed by atoms with van der Waals surface area (Å²) in [6.45, 7) is -0.598. The highest BCUT2D eigenvalue weighted by molar-refractivity contribution is 9.10. The minimum absolute atomic E-state index is 0.0255. The van der Waals surface area contributed by atoms with Gasteiger partial charge in [-0.1, -0.05) is 45.7 Å². The largest absolute Gasteiger partial charge is 0.488 e. The Balaban J connectivity index is 1.49. The number of hydrogen-bond donors (Lipinski definition) is 1. The molecule has 0 aliphatic carbocycles. The second-order valence-corrected chi connectivity index (χ2v) is 9.92. The zero-order valence-electron chi connectivity index (χ0n) is 18.6. The molecule has 3 aromatic carbocycles. The van der Waals surface area contributed by atoms with E-state index in [4.69, 9.17) is 16.3 Å². The minimum Gasteiger partial charge on any atom is -0.488 e. The third-order valence-electron chi connectivity index (χ3n) is 5.08. The first-order chi connectivity index (χ1) is 17.6. The molecule has 1 saturated heterocycles. The van der Waals surface area contributed by atoms with Gasteiger partial charge in [-0.05, 0) is 54.2 Å². The first-order valence-corrected chi connectivity index (χ1v) is 12.5. The van der Waals surface area contributed by atoms with Crippen molar-refractivity contribution in [1.29, 1.82) is 0 Å². The number of ether oxygens (including phenoxy) is 1. The van der Waals surface area contributed by atoms with Crippen molar-refractivity contribution in [2.24, 2.45) is 0 Å². The molecular formula is C25H15BrClF3N2O4S. The van der Waals surface area contributed by atoms with E-state index in [1.54, 1.807) is 30.3 Å². The lowest BCUT2D eigenvalue weighted by Crippen LogP contribution is -2.36. The Hall–Kier alpha value is -3.28. The average Bonchev–Trinajstić information content (AvgIpc) is 3.12. The van der Waals surface area contributed by atoms with Crippen molar-refractivity contribution in [3.05, 3.63) is 97.6 Å². The van der Waals surface area contributed by atoms with Gasteiger partial charge in [0.1, 0.15) is 18.9 Å². The number of anilines is 1. The lowest BCUT2D eigenvalue weighted by atomic mass is 10.1. The number of nitrogens with one attached hydrogen (secondary N) is 1. The number of carbonyl (C=O) groups excluding carboxylic acids is 3. The fourth-order valence-electron chi connectivity index (χ4n) is 3.27. The molecule has 0 bridgehead atoms. The molecule has 1 aliphatic heterocycles. The fraction of sp³-hybridized carbons (Fsp3) is 0.0800. The topological polar surface area (TPSA) is 75.7 Å². The van der Waals surface area contributed by atoms with E-state index in [0.717, 1.165) is 11.6 Å². The Bertz CT molecular complexity index is 1450. The molecule has 0 atom stereocenters. The Morgan fingerprint density at radius 1 is 1.08 bits per heavy atom. The summed E-state index contributed by atoms with van der Waals surface area (Å²) in [4.78, 5) is 38.3. The SMILES string of the molecule is O=C(CN1C(=O)S/C(=C/c2cc(Br)ccc2OCc2ccccc2Cl)C1=O)Nc1ccc(F)c(F)c1F. The molecule has 1 N–H and O–H groups in total. The van der Waals surface area contributed by atoms with Gasteiger partial charge in [0.15, 0.2) is 17.5 Å². The van der Waals surface area contributed by atoms with Crippen LogP contribution in [0.3, 0.4) is 0 Å². The Morgan fingerprint density at radius 2 is 1.84 bits per heavy atom. The van der Waals surface area contributed by atoms with Gasteiger partial charge in [0.2, 0.25) is 5.91 Å². The van der Waals surface area contributed by atoms with Crippen molar-refractivity contribution in [3.63, 3.8) is 0 Å². The van der Waals surface area contributed by atoms with E-state index >= 15 is 0 Å². The molecule has 1 aliphatic rings. The predicted molar refractivity (Wildman–Crippen MR) is 138 cm³/mol. The Labute approximate surface area is 226 Å². The highest BCUT2D eigenvalue weighted by atomic mass is 79.9. The summed E-state index contributed by atoms with van der Waals surface area (Å²) in [6, 6.07) is 13.7. The van der Waals surface area contributed by atoms with E-state index in [1.165, 1.54) is 6.08 Å². The molecule has 0 aromatic heterocycles. The summed E-state index contributed by atoms with van der Waals surface area (Å²) in [6.07, 6.45) is 1.45. The number of thioether (sulfide) groups is 1. The molecule has 37 heavy (non-hydrogen) atoms. The number of rotatable bonds is 7. The summed E-state index contributed by atoms with van der Waals surface area (Å²) in [5.74, 6) is -6.08. The summed E-state index contributed by atoms with van der Waals surface area (Å²) in [5, 5.41) is 1.83. The number of hydrogen-bond acceptors (Lipinski definition) is 5. The molecule has 1 fully saturated rings. The second kappa shape index (κ2) is 11.4. The molecule has 3 amide bonds. The van der Waals surface area contributed by atoms with E-state index in [9.17, 15) is 27.6 Å². The van der Waals surface area contributed by atoms with Gasteiger partial charge >= 0.3 is 0 Å². The maximum atomic E-state index is 13.8. The molecule has 0 spiro atoms. The molecule has 0 saturated carbocycles. The molecule has 1 heterocycles. The van der Waals surface area contributed by atoms with Crippen LogP contribution in [0, 0.1) is 17.5 Å². The van der Waals surface area contributed by atoms with Crippen molar-refractivity contribution in [2.45, 2.75) is 6.61 Å². The average molecular weight is 612 g/mol. The number of nitrogens with zero attached hydrogens (tertiary/aromatic N) is 1. The van der Waals surface area contributed by atoms with Crippen LogP contribution in [0.2, 0.25) is 5.02 Å². The van der Waals surface area contributed by atoms with Gasteiger partial charge in [-0.25, -0.2) is 13.2 Å². The quantitative estimate of drug-likeness (QED) is 0.236. The zero-order chi connectivity index (χ0) is 26.7. The molecule has 4 rings (SSSR count). The van der Waals surface area contributed by atoms with Gasteiger partial charge < -0.3 is 10.1 Å². The maximum absolute atomic E-state index is 13.8. The normalized spacial score (nSPS) is 14.4. The van der Waals surface area contributed by atoms with Gasteiger partial charge in [-0.2, -0.15) is 0 Å². The molecule has 190 valence electrons. The van der Waals surface area contributed by atoms with E-state index in [2.05, 4.69) is 15.9 Å². The first-order valence-electron chi connectivity index (χ1n) is 10.5. The number of benzene rings is 3. The van der Waals surface area contributed by atoms with Crippen molar-refractivity contribution < 1.29 is 32.3 Å². The third kappa shape index (κ3) is 6.17.